The SMILES string of the molecule is C#CCNC(=O)COc1ccc(C=O)cc1OCC. The number of aldehydes is 1. The minimum Gasteiger partial charge on any atom is -0.490 e. The lowest BCUT2D eigenvalue weighted by Gasteiger charge is -2.11. The third kappa shape index (κ3) is 4.72. The normalized spacial score (nSPS) is 9.26. The summed E-state index contributed by atoms with van der Waals surface area (Å²) in [7, 11) is 0. The van der Waals surface area contributed by atoms with Crippen LogP contribution in [0.4, 0.5) is 0 Å². The average molecular weight is 261 g/mol. The van der Waals surface area contributed by atoms with Gasteiger partial charge in [-0.2, -0.15) is 0 Å². The Morgan fingerprint density at radius 3 is 2.84 bits per heavy atom. The lowest BCUT2D eigenvalue weighted by molar-refractivity contribution is -0.122. The summed E-state index contributed by atoms with van der Waals surface area (Å²) in [6.07, 6.45) is 5.74. The molecule has 0 bridgehead atoms. The Kier molecular flexibility index (Phi) is 5.96. The first-order chi connectivity index (χ1) is 9.21. The molecule has 1 aromatic rings. The summed E-state index contributed by atoms with van der Waals surface area (Å²) >= 11 is 0. The fourth-order valence-electron chi connectivity index (χ4n) is 1.33. The molecular weight excluding hydrogens is 246 g/mol. The molecule has 1 rings (SSSR count). The van der Waals surface area contributed by atoms with Crippen molar-refractivity contribution in [3.05, 3.63) is 23.8 Å². The molecule has 0 saturated carbocycles. The molecule has 5 nitrogen and oxygen atoms in total. The number of nitrogens with one attached hydrogen (secondary N) is 1. The highest BCUT2D eigenvalue weighted by molar-refractivity contribution is 5.78. The minimum absolute atomic E-state index is 0.157. The number of rotatable bonds is 7. The molecular formula is C14H15NO4. The quantitative estimate of drug-likeness (QED) is 0.588. The maximum Gasteiger partial charge on any atom is 0.258 e. The van der Waals surface area contributed by atoms with Crippen LogP contribution in [0.25, 0.3) is 0 Å². The van der Waals surface area contributed by atoms with Gasteiger partial charge in [-0.1, -0.05) is 5.92 Å². The Morgan fingerprint density at radius 2 is 2.21 bits per heavy atom. The molecule has 0 atom stereocenters. The van der Waals surface area contributed by atoms with Crippen LogP contribution >= 0.6 is 0 Å². The first-order valence-corrected chi connectivity index (χ1v) is 5.76. The van der Waals surface area contributed by atoms with E-state index in [0.29, 0.717) is 30.0 Å². The van der Waals surface area contributed by atoms with E-state index in [1.807, 2.05) is 6.92 Å². The highest BCUT2D eigenvalue weighted by Crippen LogP contribution is 2.27. The second kappa shape index (κ2) is 7.77. The maximum absolute atomic E-state index is 11.3. The first kappa shape index (κ1) is 14.6. The summed E-state index contributed by atoms with van der Waals surface area (Å²) in [4.78, 5) is 22.0. The van der Waals surface area contributed by atoms with E-state index in [-0.39, 0.29) is 19.1 Å². The van der Waals surface area contributed by atoms with E-state index in [9.17, 15) is 9.59 Å². The fraction of sp³-hybridized carbons (Fsp3) is 0.286. The third-order valence-electron chi connectivity index (χ3n) is 2.15. The lowest BCUT2D eigenvalue weighted by atomic mass is 10.2. The zero-order valence-corrected chi connectivity index (χ0v) is 10.6. The Labute approximate surface area is 111 Å². The molecule has 1 aromatic carbocycles. The summed E-state index contributed by atoms with van der Waals surface area (Å²) in [5.74, 6) is 2.81. The van der Waals surface area contributed by atoms with Crippen molar-refractivity contribution in [2.75, 3.05) is 19.8 Å². The predicted octanol–water partition coefficient (Wildman–Crippen LogP) is 1.03. The van der Waals surface area contributed by atoms with Gasteiger partial charge in [-0.3, -0.25) is 9.59 Å². The van der Waals surface area contributed by atoms with Crippen molar-refractivity contribution in [1.29, 1.82) is 0 Å². The summed E-state index contributed by atoms with van der Waals surface area (Å²) in [6.45, 7) is 2.24. The van der Waals surface area contributed by atoms with Crippen LogP contribution in [0.5, 0.6) is 11.5 Å². The molecule has 0 aromatic heterocycles. The molecule has 19 heavy (non-hydrogen) atoms. The largest absolute Gasteiger partial charge is 0.490 e. The van der Waals surface area contributed by atoms with Crippen LogP contribution in [0.15, 0.2) is 18.2 Å². The van der Waals surface area contributed by atoms with Crippen LogP contribution in [0.3, 0.4) is 0 Å². The van der Waals surface area contributed by atoms with E-state index >= 15 is 0 Å². The molecule has 0 aliphatic carbocycles. The van der Waals surface area contributed by atoms with Gasteiger partial charge in [0.25, 0.3) is 5.91 Å². The van der Waals surface area contributed by atoms with Crippen molar-refractivity contribution >= 4 is 12.2 Å². The molecule has 1 amide bonds. The molecule has 0 aliphatic heterocycles. The predicted molar refractivity (Wildman–Crippen MR) is 70.3 cm³/mol. The van der Waals surface area contributed by atoms with Gasteiger partial charge in [0, 0.05) is 5.56 Å². The Balaban J connectivity index is 2.69. The highest BCUT2D eigenvalue weighted by atomic mass is 16.5. The Hall–Kier alpha value is -2.48. The van der Waals surface area contributed by atoms with Crippen LogP contribution in [-0.4, -0.2) is 32.0 Å². The molecule has 0 heterocycles. The van der Waals surface area contributed by atoms with Gasteiger partial charge in [0.1, 0.15) is 6.29 Å². The van der Waals surface area contributed by atoms with Gasteiger partial charge in [0.05, 0.1) is 13.2 Å². The van der Waals surface area contributed by atoms with Gasteiger partial charge in [-0.05, 0) is 25.1 Å². The number of ether oxygens (including phenoxy) is 2. The van der Waals surface area contributed by atoms with Crippen molar-refractivity contribution < 1.29 is 19.1 Å². The van der Waals surface area contributed by atoms with Crippen LogP contribution in [0, 0.1) is 12.3 Å². The summed E-state index contributed by atoms with van der Waals surface area (Å²) in [5.41, 5.74) is 0.479. The number of hydrogen-bond acceptors (Lipinski definition) is 4. The Morgan fingerprint density at radius 1 is 1.42 bits per heavy atom. The lowest BCUT2D eigenvalue weighted by Crippen LogP contribution is -2.29. The highest BCUT2D eigenvalue weighted by Gasteiger charge is 2.08. The van der Waals surface area contributed by atoms with Crippen molar-refractivity contribution in [1.82, 2.24) is 5.32 Å². The molecule has 100 valence electrons. The van der Waals surface area contributed by atoms with Gasteiger partial charge in [0.2, 0.25) is 0 Å². The van der Waals surface area contributed by atoms with Gasteiger partial charge in [-0.15, -0.1) is 6.42 Å². The second-order valence-corrected chi connectivity index (χ2v) is 3.53. The van der Waals surface area contributed by atoms with E-state index < -0.39 is 0 Å². The molecule has 0 radical (unpaired) electrons. The molecule has 0 spiro atoms. The van der Waals surface area contributed by atoms with Crippen LogP contribution in [0.2, 0.25) is 0 Å². The minimum atomic E-state index is -0.320. The van der Waals surface area contributed by atoms with Gasteiger partial charge >= 0.3 is 0 Å². The summed E-state index contributed by atoms with van der Waals surface area (Å²) in [5, 5.41) is 2.48. The molecule has 0 saturated heterocycles. The summed E-state index contributed by atoms with van der Waals surface area (Å²) in [6, 6.07) is 4.73. The first-order valence-electron chi connectivity index (χ1n) is 5.76. The monoisotopic (exact) mass is 261 g/mol. The number of carbonyl (C=O) groups is 2. The molecule has 1 N–H and O–H groups in total. The number of terminal acetylenes is 1. The summed E-state index contributed by atoms with van der Waals surface area (Å²) < 4.78 is 10.7. The number of benzene rings is 1. The van der Waals surface area contributed by atoms with Gasteiger partial charge < -0.3 is 14.8 Å². The van der Waals surface area contributed by atoms with Crippen molar-refractivity contribution in [3.63, 3.8) is 0 Å². The van der Waals surface area contributed by atoms with E-state index in [4.69, 9.17) is 15.9 Å². The smallest absolute Gasteiger partial charge is 0.258 e. The van der Waals surface area contributed by atoms with E-state index in [1.165, 1.54) is 0 Å². The maximum atomic E-state index is 11.3. The topological polar surface area (TPSA) is 64.6 Å². The average Bonchev–Trinajstić information content (AvgIpc) is 2.43. The third-order valence-corrected chi connectivity index (χ3v) is 2.15. The number of carbonyl (C=O) groups excluding carboxylic acids is 2. The number of hydrogen-bond donors (Lipinski definition) is 1. The van der Waals surface area contributed by atoms with Gasteiger partial charge in [0.15, 0.2) is 18.1 Å². The zero-order valence-electron chi connectivity index (χ0n) is 10.6. The van der Waals surface area contributed by atoms with Gasteiger partial charge in [-0.25, -0.2) is 0 Å². The van der Waals surface area contributed by atoms with Crippen LogP contribution < -0.4 is 14.8 Å². The van der Waals surface area contributed by atoms with E-state index in [0.717, 1.165) is 0 Å². The van der Waals surface area contributed by atoms with Crippen molar-refractivity contribution in [2.45, 2.75) is 6.92 Å². The molecule has 0 fully saturated rings. The van der Waals surface area contributed by atoms with Crippen LogP contribution in [-0.2, 0) is 4.79 Å². The van der Waals surface area contributed by atoms with Crippen molar-refractivity contribution in [3.8, 4) is 23.8 Å². The number of amides is 1. The zero-order chi connectivity index (χ0) is 14.1. The van der Waals surface area contributed by atoms with E-state index in [2.05, 4.69) is 11.2 Å². The van der Waals surface area contributed by atoms with E-state index in [1.54, 1.807) is 18.2 Å². The molecule has 0 unspecified atom stereocenters. The van der Waals surface area contributed by atoms with Crippen LogP contribution in [0.1, 0.15) is 17.3 Å². The molecule has 5 heteroatoms. The second-order valence-electron chi connectivity index (χ2n) is 3.53. The standard InChI is InChI=1S/C14H15NO4/c1-3-7-15-14(17)10-19-12-6-5-11(9-16)8-13(12)18-4-2/h1,5-6,8-9H,4,7,10H2,2H3,(H,15,17). The Bertz CT molecular complexity index is 491. The fourth-order valence-corrected chi connectivity index (χ4v) is 1.33. The molecule has 0 aliphatic rings. The van der Waals surface area contributed by atoms with Crippen molar-refractivity contribution in [2.24, 2.45) is 0 Å².